The van der Waals surface area contributed by atoms with Crippen LogP contribution in [-0.2, 0) is 6.54 Å². The lowest BCUT2D eigenvalue weighted by Crippen LogP contribution is -2.62. The third-order valence-corrected chi connectivity index (χ3v) is 6.22. The van der Waals surface area contributed by atoms with E-state index in [2.05, 4.69) is 10.6 Å². The molecule has 2 aromatic carbocycles. The van der Waals surface area contributed by atoms with Crippen LogP contribution in [0.2, 0.25) is 0 Å². The van der Waals surface area contributed by atoms with Crippen LogP contribution >= 0.6 is 0 Å². The van der Waals surface area contributed by atoms with Gasteiger partial charge in [-0.25, -0.2) is 4.90 Å². The molecule has 0 saturated carbocycles. The number of nitrogens with zero attached hydrogens (tertiary/aromatic N) is 1. The summed E-state index contributed by atoms with van der Waals surface area (Å²) in [5, 5.41) is 5.40. The van der Waals surface area contributed by atoms with E-state index >= 15 is 0 Å². The molecule has 2 atom stereocenters. The number of benzene rings is 2. The van der Waals surface area contributed by atoms with E-state index in [1.165, 1.54) is 48.0 Å². The monoisotopic (exact) mass is 551 g/mol. The topological polar surface area (TPSA) is 135 Å². The van der Waals surface area contributed by atoms with Crippen molar-refractivity contribution < 1.29 is 32.4 Å². The molecule has 2 N–H and O–H groups in total. The summed E-state index contributed by atoms with van der Waals surface area (Å²) >= 11 is 0. The minimum absolute atomic E-state index is 0.0423. The van der Waals surface area contributed by atoms with E-state index in [4.69, 9.17) is 13.3 Å². The second-order valence-electron chi connectivity index (χ2n) is 8.92. The van der Waals surface area contributed by atoms with Gasteiger partial charge in [-0.05, 0) is 36.4 Å². The molecule has 206 valence electrons. The fourth-order valence-corrected chi connectivity index (χ4v) is 4.24. The number of Topliss-reactive ketones (excluding diaryl/α,β-unsaturated/α-hetero) is 2. The molecule has 0 aliphatic heterocycles. The zero-order chi connectivity index (χ0) is 28.6. The van der Waals surface area contributed by atoms with Crippen LogP contribution < -0.4 is 10.6 Å². The maximum absolute atomic E-state index is 14.0. The minimum atomic E-state index is -1.45. The molecule has 5 rings (SSSR count). The van der Waals surface area contributed by atoms with Gasteiger partial charge in [0, 0.05) is 11.1 Å². The van der Waals surface area contributed by atoms with Crippen LogP contribution in [0.3, 0.4) is 0 Å². The van der Waals surface area contributed by atoms with Crippen molar-refractivity contribution in [2.24, 2.45) is 0 Å². The zero-order valence-electron chi connectivity index (χ0n) is 21.6. The van der Waals surface area contributed by atoms with E-state index in [9.17, 15) is 19.2 Å². The summed E-state index contributed by atoms with van der Waals surface area (Å²) in [6, 6.07) is 25.9. The number of nitrogens with one attached hydrogen (secondary N) is 2. The Morgan fingerprint density at radius 2 is 1.00 bits per heavy atom. The summed E-state index contributed by atoms with van der Waals surface area (Å²) in [6.07, 6.45) is 1.20. The molecule has 41 heavy (non-hydrogen) atoms. The molecule has 0 spiro atoms. The van der Waals surface area contributed by atoms with Gasteiger partial charge in [-0.3, -0.25) is 19.2 Å². The molecule has 3 aromatic heterocycles. The Balaban J connectivity index is 1.62. The van der Waals surface area contributed by atoms with Crippen LogP contribution in [-0.4, -0.2) is 40.6 Å². The Kier molecular flexibility index (Phi) is 8.32. The Morgan fingerprint density at radius 1 is 0.561 bits per heavy atom. The van der Waals surface area contributed by atoms with Crippen molar-refractivity contribution in [1.82, 2.24) is 15.5 Å². The number of furan rings is 3. The standard InChI is InChI=1S/C31H25N3O7/c35-26(21-10-3-1-4-11-21)28(32-30(37)24-15-8-18-40-24)34(20-23-14-7-17-39-23)29(27(36)22-12-5-2-6-13-22)33-31(38)25-16-9-19-41-25/h1-19,28-29H,20H2,(H,32,37)(H,33,38). The molecule has 2 unspecified atom stereocenters. The smallest absolute Gasteiger partial charge is 0.288 e. The van der Waals surface area contributed by atoms with E-state index in [1.54, 1.807) is 72.8 Å². The lowest BCUT2D eigenvalue weighted by Gasteiger charge is -2.36. The highest BCUT2D eigenvalue weighted by molar-refractivity contribution is 6.06. The SMILES string of the molecule is O=C(NC(C(=O)c1ccccc1)N(Cc1ccco1)C(NC(=O)c1ccco1)C(=O)c1ccccc1)c1ccco1. The van der Waals surface area contributed by atoms with Crippen molar-refractivity contribution in [3.05, 3.63) is 144 Å². The second kappa shape index (κ2) is 12.6. The first-order chi connectivity index (χ1) is 20.0. The zero-order valence-corrected chi connectivity index (χ0v) is 21.6. The maximum atomic E-state index is 14.0. The third-order valence-electron chi connectivity index (χ3n) is 6.22. The Labute approximate surface area is 234 Å². The highest BCUT2D eigenvalue weighted by atomic mass is 16.3. The number of ketones is 2. The number of rotatable bonds is 12. The molecule has 0 bridgehead atoms. The Morgan fingerprint density at radius 3 is 1.39 bits per heavy atom. The minimum Gasteiger partial charge on any atom is -0.468 e. The molecule has 0 saturated heterocycles. The van der Waals surface area contributed by atoms with Gasteiger partial charge in [0.25, 0.3) is 11.8 Å². The van der Waals surface area contributed by atoms with Crippen LogP contribution in [0.15, 0.2) is 129 Å². The quantitative estimate of drug-likeness (QED) is 0.170. The summed E-state index contributed by atoms with van der Waals surface area (Å²) in [7, 11) is 0. The largest absolute Gasteiger partial charge is 0.468 e. The first kappa shape index (κ1) is 27.1. The predicted molar refractivity (Wildman–Crippen MR) is 146 cm³/mol. The first-order valence-corrected chi connectivity index (χ1v) is 12.7. The fourth-order valence-electron chi connectivity index (χ4n) is 4.24. The second-order valence-corrected chi connectivity index (χ2v) is 8.92. The van der Waals surface area contributed by atoms with Crippen LogP contribution in [0.1, 0.15) is 47.6 Å². The van der Waals surface area contributed by atoms with Crippen LogP contribution in [0.4, 0.5) is 0 Å². The molecule has 5 aromatic rings. The van der Waals surface area contributed by atoms with Crippen molar-refractivity contribution >= 4 is 23.4 Å². The number of hydrogen-bond donors (Lipinski definition) is 2. The molecule has 3 heterocycles. The van der Waals surface area contributed by atoms with E-state index in [0.29, 0.717) is 5.76 Å². The lowest BCUT2D eigenvalue weighted by atomic mass is 10.0. The summed E-state index contributed by atoms with van der Waals surface area (Å²) in [5.74, 6) is -2.17. The first-order valence-electron chi connectivity index (χ1n) is 12.7. The van der Waals surface area contributed by atoms with Crippen molar-refractivity contribution in [2.75, 3.05) is 0 Å². The highest BCUT2D eigenvalue weighted by Crippen LogP contribution is 2.19. The molecule has 0 aliphatic rings. The number of amides is 2. The molecule has 2 amide bonds. The fraction of sp³-hybridized carbons (Fsp3) is 0.0968. The summed E-state index contributed by atoms with van der Waals surface area (Å²) in [6.45, 7) is -0.143. The maximum Gasteiger partial charge on any atom is 0.288 e. The molecule has 0 fully saturated rings. The normalized spacial score (nSPS) is 12.4. The number of carbonyl (C=O) groups is 4. The average molecular weight is 552 g/mol. The van der Waals surface area contributed by atoms with Gasteiger partial charge in [-0.15, -0.1) is 0 Å². The highest BCUT2D eigenvalue weighted by Gasteiger charge is 2.39. The molecular formula is C31H25N3O7. The summed E-state index contributed by atoms with van der Waals surface area (Å²) < 4.78 is 16.1. The Hall–Kier alpha value is -5.48. The summed E-state index contributed by atoms with van der Waals surface area (Å²) in [5.41, 5.74) is 0.537. The molecular weight excluding hydrogens is 526 g/mol. The molecule has 0 aliphatic carbocycles. The summed E-state index contributed by atoms with van der Waals surface area (Å²) in [4.78, 5) is 55.9. The van der Waals surface area contributed by atoms with Gasteiger partial charge < -0.3 is 23.9 Å². The van der Waals surface area contributed by atoms with E-state index in [1.807, 2.05) is 0 Å². The third kappa shape index (κ3) is 6.40. The van der Waals surface area contributed by atoms with Gasteiger partial charge in [-0.1, -0.05) is 60.7 Å². The number of carbonyl (C=O) groups excluding carboxylic acids is 4. The van der Waals surface area contributed by atoms with Crippen molar-refractivity contribution in [3.8, 4) is 0 Å². The van der Waals surface area contributed by atoms with E-state index in [-0.39, 0.29) is 29.2 Å². The van der Waals surface area contributed by atoms with Crippen molar-refractivity contribution in [2.45, 2.75) is 18.9 Å². The van der Waals surface area contributed by atoms with Gasteiger partial charge in [0.2, 0.25) is 0 Å². The predicted octanol–water partition coefficient (Wildman–Crippen LogP) is 4.55. The van der Waals surface area contributed by atoms with Crippen molar-refractivity contribution in [3.63, 3.8) is 0 Å². The van der Waals surface area contributed by atoms with Gasteiger partial charge in [0.15, 0.2) is 23.1 Å². The van der Waals surface area contributed by atoms with Crippen molar-refractivity contribution in [1.29, 1.82) is 0 Å². The van der Waals surface area contributed by atoms with Gasteiger partial charge in [0.1, 0.15) is 18.1 Å². The van der Waals surface area contributed by atoms with Gasteiger partial charge in [-0.2, -0.15) is 0 Å². The van der Waals surface area contributed by atoms with Crippen LogP contribution in [0.5, 0.6) is 0 Å². The average Bonchev–Trinajstić information content (AvgIpc) is 3.82. The van der Waals surface area contributed by atoms with E-state index in [0.717, 1.165) is 0 Å². The molecule has 0 radical (unpaired) electrons. The van der Waals surface area contributed by atoms with Gasteiger partial charge >= 0.3 is 0 Å². The molecule has 10 nitrogen and oxygen atoms in total. The lowest BCUT2D eigenvalue weighted by molar-refractivity contribution is 0.0402. The Bertz CT molecular complexity index is 1480. The van der Waals surface area contributed by atoms with Crippen LogP contribution in [0.25, 0.3) is 0 Å². The molecule has 10 heteroatoms. The van der Waals surface area contributed by atoms with E-state index < -0.39 is 35.7 Å². The number of hydrogen-bond acceptors (Lipinski definition) is 8. The van der Waals surface area contributed by atoms with Gasteiger partial charge in [0.05, 0.1) is 25.3 Å². The van der Waals surface area contributed by atoms with Crippen LogP contribution in [0, 0.1) is 0 Å².